The second-order valence-electron chi connectivity index (χ2n) is 5.80. The van der Waals surface area contributed by atoms with Crippen molar-refractivity contribution in [1.29, 1.82) is 0 Å². The topological polar surface area (TPSA) is 127 Å². The van der Waals surface area contributed by atoms with Crippen molar-refractivity contribution in [2.24, 2.45) is 5.92 Å². The monoisotopic (exact) mass is 344 g/mol. The highest BCUT2D eigenvalue weighted by Crippen LogP contribution is 2.26. The summed E-state index contributed by atoms with van der Waals surface area (Å²) in [6.45, 7) is 6.55. The predicted octanol–water partition coefficient (Wildman–Crippen LogP) is 1.99. The van der Waals surface area contributed by atoms with Crippen LogP contribution in [0.4, 0.5) is 5.69 Å². The van der Waals surface area contributed by atoms with Gasteiger partial charge in [-0.05, 0) is 37.8 Å². The van der Waals surface area contributed by atoms with Crippen LogP contribution in [0.15, 0.2) is 17.0 Å². The highest BCUT2D eigenvalue weighted by atomic mass is 32.2. The molecular weight excluding hydrogens is 324 g/mol. The van der Waals surface area contributed by atoms with E-state index in [1.54, 1.807) is 13.8 Å². The number of carboxylic acid groups (broad SMARTS) is 1. The molecule has 0 aromatic heterocycles. The summed E-state index contributed by atoms with van der Waals surface area (Å²) >= 11 is 0. The van der Waals surface area contributed by atoms with E-state index in [0.29, 0.717) is 11.1 Å². The molecule has 23 heavy (non-hydrogen) atoms. The molecule has 0 amide bonds. The molecule has 1 aromatic rings. The highest BCUT2D eigenvalue weighted by molar-refractivity contribution is 7.89. The van der Waals surface area contributed by atoms with Gasteiger partial charge < -0.3 is 5.11 Å². The summed E-state index contributed by atoms with van der Waals surface area (Å²) in [5.74, 6) is -1.33. The van der Waals surface area contributed by atoms with Crippen LogP contribution < -0.4 is 4.72 Å². The first-order chi connectivity index (χ1) is 10.5. The van der Waals surface area contributed by atoms with Crippen molar-refractivity contribution >= 4 is 21.7 Å². The summed E-state index contributed by atoms with van der Waals surface area (Å²) < 4.78 is 27.0. The molecule has 0 saturated carbocycles. The van der Waals surface area contributed by atoms with Gasteiger partial charge in [-0.15, -0.1) is 0 Å². The van der Waals surface area contributed by atoms with E-state index >= 15 is 0 Å². The van der Waals surface area contributed by atoms with Crippen molar-refractivity contribution in [2.45, 2.75) is 45.1 Å². The van der Waals surface area contributed by atoms with Gasteiger partial charge in [0.05, 0.1) is 9.82 Å². The van der Waals surface area contributed by atoms with E-state index in [-0.39, 0.29) is 22.9 Å². The van der Waals surface area contributed by atoms with E-state index in [1.165, 1.54) is 19.9 Å². The van der Waals surface area contributed by atoms with Crippen LogP contribution in [-0.2, 0) is 14.8 Å². The number of aliphatic carboxylic acids is 1. The molecule has 2 N–H and O–H groups in total. The summed E-state index contributed by atoms with van der Waals surface area (Å²) in [4.78, 5) is 21.3. The quantitative estimate of drug-likeness (QED) is 0.575. The van der Waals surface area contributed by atoms with E-state index in [9.17, 15) is 23.3 Å². The molecule has 0 spiro atoms. The van der Waals surface area contributed by atoms with Crippen LogP contribution in [0.25, 0.3) is 0 Å². The normalized spacial score (nSPS) is 13.1. The third-order valence-corrected chi connectivity index (χ3v) is 4.90. The van der Waals surface area contributed by atoms with Gasteiger partial charge in [0, 0.05) is 11.6 Å². The van der Waals surface area contributed by atoms with Gasteiger partial charge >= 0.3 is 5.97 Å². The van der Waals surface area contributed by atoms with E-state index in [4.69, 9.17) is 5.11 Å². The first-order valence-electron chi connectivity index (χ1n) is 6.96. The Kier molecular flexibility index (Phi) is 5.84. The van der Waals surface area contributed by atoms with Crippen LogP contribution in [0.1, 0.15) is 31.4 Å². The number of nitro benzene ring substituents is 1. The maximum Gasteiger partial charge on any atom is 0.321 e. The number of hydrogen-bond donors (Lipinski definition) is 2. The van der Waals surface area contributed by atoms with Crippen LogP contribution in [0, 0.1) is 29.9 Å². The van der Waals surface area contributed by atoms with Crippen LogP contribution in [0.2, 0.25) is 0 Å². The number of hydrogen-bond acceptors (Lipinski definition) is 5. The molecule has 8 nitrogen and oxygen atoms in total. The van der Waals surface area contributed by atoms with Gasteiger partial charge in [-0.25, -0.2) is 8.42 Å². The number of nitrogens with one attached hydrogen (secondary N) is 1. The zero-order valence-corrected chi connectivity index (χ0v) is 14.2. The van der Waals surface area contributed by atoms with Crippen LogP contribution in [-0.4, -0.2) is 30.5 Å². The third kappa shape index (κ3) is 4.73. The van der Waals surface area contributed by atoms with Gasteiger partial charge in [0.1, 0.15) is 6.04 Å². The van der Waals surface area contributed by atoms with Gasteiger partial charge in [-0.1, -0.05) is 13.8 Å². The number of aryl methyl sites for hydroxylation is 2. The largest absolute Gasteiger partial charge is 0.480 e. The number of nitrogens with zero attached hydrogens (tertiary/aromatic N) is 1. The lowest BCUT2D eigenvalue weighted by molar-refractivity contribution is -0.385. The number of sulfonamides is 1. The lowest BCUT2D eigenvalue weighted by atomic mass is 10.1. The van der Waals surface area contributed by atoms with E-state index in [1.807, 2.05) is 0 Å². The standard InChI is InChI=1S/C14H20N2O6S/c1-8(2)5-11(14(17)18)15-23(21,22)13-7-12(16(19)20)9(3)6-10(13)4/h6-8,11,15H,5H2,1-4H3,(H,17,18). The van der Waals surface area contributed by atoms with Crippen molar-refractivity contribution in [3.8, 4) is 0 Å². The Balaban J connectivity index is 3.30. The molecule has 0 heterocycles. The average Bonchev–Trinajstić information content (AvgIpc) is 2.35. The molecule has 1 aromatic carbocycles. The van der Waals surface area contributed by atoms with Gasteiger partial charge in [-0.3, -0.25) is 14.9 Å². The van der Waals surface area contributed by atoms with Crippen molar-refractivity contribution in [3.63, 3.8) is 0 Å². The molecule has 0 bridgehead atoms. The van der Waals surface area contributed by atoms with Gasteiger partial charge in [0.15, 0.2) is 0 Å². The van der Waals surface area contributed by atoms with E-state index in [2.05, 4.69) is 4.72 Å². The summed E-state index contributed by atoms with van der Waals surface area (Å²) in [7, 11) is -4.19. The molecule has 0 fully saturated rings. The first kappa shape index (κ1) is 19.0. The minimum atomic E-state index is -4.19. The summed E-state index contributed by atoms with van der Waals surface area (Å²) in [6, 6.07) is 1.06. The number of nitro groups is 1. The van der Waals surface area contributed by atoms with Gasteiger partial charge in [0.2, 0.25) is 10.0 Å². The molecule has 128 valence electrons. The fourth-order valence-corrected chi connectivity index (χ4v) is 3.68. The Hall–Kier alpha value is -2.00. The molecule has 0 aliphatic rings. The van der Waals surface area contributed by atoms with E-state index < -0.39 is 27.0 Å². The van der Waals surface area contributed by atoms with E-state index in [0.717, 1.165) is 6.07 Å². The Labute approximate surface area is 134 Å². The lowest BCUT2D eigenvalue weighted by Gasteiger charge is -2.17. The van der Waals surface area contributed by atoms with Crippen molar-refractivity contribution < 1.29 is 23.2 Å². The Morgan fingerprint density at radius 3 is 2.30 bits per heavy atom. The Morgan fingerprint density at radius 1 is 1.30 bits per heavy atom. The number of benzene rings is 1. The zero-order chi connectivity index (χ0) is 17.9. The summed E-state index contributed by atoms with van der Waals surface area (Å²) in [5, 5.41) is 20.1. The average molecular weight is 344 g/mol. The molecule has 9 heteroatoms. The SMILES string of the molecule is Cc1cc(C)c(S(=O)(=O)NC(CC(C)C)C(=O)O)cc1[N+](=O)[O-]. The second kappa shape index (κ2) is 7.05. The fraction of sp³-hybridized carbons (Fsp3) is 0.500. The Morgan fingerprint density at radius 2 is 1.87 bits per heavy atom. The van der Waals surface area contributed by atoms with Crippen LogP contribution in [0.3, 0.4) is 0 Å². The minimum absolute atomic E-state index is 0.0350. The number of carbonyl (C=O) groups is 1. The predicted molar refractivity (Wildman–Crippen MR) is 83.8 cm³/mol. The first-order valence-corrected chi connectivity index (χ1v) is 8.44. The number of carboxylic acids is 1. The minimum Gasteiger partial charge on any atom is -0.480 e. The second-order valence-corrected chi connectivity index (χ2v) is 7.49. The number of rotatable bonds is 7. The van der Waals surface area contributed by atoms with Crippen LogP contribution >= 0.6 is 0 Å². The van der Waals surface area contributed by atoms with Gasteiger partial charge in [-0.2, -0.15) is 4.72 Å². The summed E-state index contributed by atoms with van der Waals surface area (Å²) in [6.07, 6.45) is 0.113. The molecular formula is C14H20N2O6S. The summed E-state index contributed by atoms with van der Waals surface area (Å²) in [5.41, 5.74) is 0.324. The smallest absolute Gasteiger partial charge is 0.321 e. The fourth-order valence-electron chi connectivity index (χ4n) is 2.23. The molecule has 0 aliphatic heterocycles. The van der Waals surface area contributed by atoms with Crippen molar-refractivity contribution in [1.82, 2.24) is 4.72 Å². The lowest BCUT2D eigenvalue weighted by Crippen LogP contribution is -2.41. The van der Waals surface area contributed by atoms with Crippen molar-refractivity contribution in [2.75, 3.05) is 0 Å². The Bertz CT molecular complexity index is 727. The molecule has 0 aliphatic carbocycles. The molecule has 1 rings (SSSR count). The molecule has 0 radical (unpaired) electrons. The highest BCUT2D eigenvalue weighted by Gasteiger charge is 2.29. The maximum atomic E-state index is 12.4. The maximum absolute atomic E-state index is 12.4. The third-order valence-electron chi connectivity index (χ3n) is 3.28. The van der Waals surface area contributed by atoms with Crippen molar-refractivity contribution in [3.05, 3.63) is 33.4 Å². The molecule has 1 atom stereocenters. The van der Waals surface area contributed by atoms with Gasteiger partial charge in [0.25, 0.3) is 5.69 Å². The zero-order valence-electron chi connectivity index (χ0n) is 13.4. The molecule has 1 unspecified atom stereocenters. The molecule has 0 saturated heterocycles. The van der Waals surface area contributed by atoms with Crippen LogP contribution in [0.5, 0.6) is 0 Å².